The van der Waals surface area contributed by atoms with E-state index in [2.05, 4.69) is 22.3 Å². The Morgan fingerprint density at radius 3 is 2.79 bits per heavy atom. The summed E-state index contributed by atoms with van der Waals surface area (Å²) in [6.45, 7) is 0.809. The number of aromatic nitrogens is 1. The third kappa shape index (κ3) is 2.56. The van der Waals surface area contributed by atoms with Crippen molar-refractivity contribution in [3.8, 4) is 0 Å². The number of benzene rings is 1. The molecule has 1 atom stereocenters. The van der Waals surface area contributed by atoms with Gasteiger partial charge in [-0.1, -0.05) is 12.1 Å². The predicted octanol–water partition coefficient (Wildman–Crippen LogP) is 3.27. The lowest BCUT2D eigenvalue weighted by atomic mass is 9.91. The summed E-state index contributed by atoms with van der Waals surface area (Å²) in [5, 5.41) is 3.38. The third-order valence-electron chi connectivity index (χ3n) is 3.94. The molecule has 3 rings (SSSR count). The molecule has 2 nitrogen and oxygen atoms in total. The van der Waals surface area contributed by atoms with Crippen LogP contribution in [0.1, 0.15) is 35.6 Å². The smallest absolute Gasteiger partial charge is 0.123 e. The van der Waals surface area contributed by atoms with Crippen molar-refractivity contribution in [2.75, 3.05) is 7.05 Å². The van der Waals surface area contributed by atoms with Gasteiger partial charge < -0.3 is 9.88 Å². The van der Waals surface area contributed by atoms with Crippen LogP contribution in [0.3, 0.4) is 0 Å². The molecule has 1 heterocycles. The number of nitrogens with one attached hydrogen (secondary N) is 1. The normalized spacial score (nSPS) is 18.3. The van der Waals surface area contributed by atoms with Crippen molar-refractivity contribution in [1.82, 2.24) is 9.88 Å². The van der Waals surface area contributed by atoms with Crippen molar-refractivity contribution in [1.29, 1.82) is 0 Å². The summed E-state index contributed by atoms with van der Waals surface area (Å²) in [5.41, 5.74) is 4.01. The van der Waals surface area contributed by atoms with Crippen molar-refractivity contribution in [2.24, 2.45) is 0 Å². The lowest BCUT2D eigenvalue weighted by Crippen LogP contribution is -2.20. The van der Waals surface area contributed by atoms with Crippen molar-refractivity contribution in [3.63, 3.8) is 0 Å². The molecule has 0 aliphatic heterocycles. The topological polar surface area (TPSA) is 17.0 Å². The zero-order valence-electron chi connectivity index (χ0n) is 11.2. The highest BCUT2D eigenvalue weighted by Gasteiger charge is 2.20. The summed E-state index contributed by atoms with van der Waals surface area (Å²) in [5.74, 6) is -0.175. The fraction of sp³-hybridized carbons (Fsp3) is 0.375. The molecule has 0 fully saturated rings. The van der Waals surface area contributed by atoms with Crippen LogP contribution >= 0.6 is 0 Å². The number of nitrogens with zero attached hydrogens (tertiary/aromatic N) is 1. The molecule has 1 unspecified atom stereocenters. The first kappa shape index (κ1) is 12.4. The maximum Gasteiger partial charge on any atom is 0.123 e. The Hall–Kier alpha value is -1.61. The lowest BCUT2D eigenvalue weighted by Gasteiger charge is -2.21. The Kier molecular flexibility index (Phi) is 3.38. The van der Waals surface area contributed by atoms with Gasteiger partial charge in [-0.25, -0.2) is 4.39 Å². The molecule has 1 aliphatic rings. The summed E-state index contributed by atoms with van der Waals surface area (Å²) < 4.78 is 15.1. The monoisotopic (exact) mass is 258 g/mol. The second-order valence-electron chi connectivity index (χ2n) is 5.27. The summed E-state index contributed by atoms with van der Waals surface area (Å²) in [4.78, 5) is 0. The molecule has 3 heteroatoms. The van der Waals surface area contributed by atoms with E-state index in [1.54, 1.807) is 0 Å². The van der Waals surface area contributed by atoms with Crippen LogP contribution in [0.15, 0.2) is 36.7 Å². The van der Waals surface area contributed by atoms with E-state index < -0.39 is 0 Å². The van der Waals surface area contributed by atoms with Crippen molar-refractivity contribution < 1.29 is 4.39 Å². The molecule has 0 saturated heterocycles. The van der Waals surface area contributed by atoms with Crippen LogP contribution in [0.4, 0.5) is 4.39 Å². The van der Waals surface area contributed by atoms with Gasteiger partial charge in [-0.15, -0.1) is 0 Å². The van der Waals surface area contributed by atoms with E-state index in [4.69, 9.17) is 0 Å². The van der Waals surface area contributed by atoms with E-state index in [0.29, 0.717) is 6.04 Å². The van der Waals surface area contributed by atoms with Crippen LogP contribution in [-0.2, 0) is 13.0 Å². The molecular weight excluding hydrogens is 239 g/mol. The number of halogens is 1. The van der Waals surface area contributed by atoms with Crippen LogP contribution in [0.5, 0.6) is 0 Å². The number of hydrogen-bond acceptors (Lipinski definition) is 1. The second kappa shape index (κ2) is 5.17. The van der Waals surface area contributed by atoms with Crippen LogP contribution in [0, 0.1) is 5.82 Å². The Balaban J connectivity index is 1.82. The molecule has 1 aliphatic carbocycles. The number of hydrogen-bond donors (Lipinski definition) is 1. The average molecular weight is 258 g/mol. The fourth-order valence-corrected chi connectivity index (χ4v) is 2.94. The fourth-order valence-electron chi connectivity index (χ4n) is 2.94. The summed E-state index contributed by atoms with van der Waals surface area (Å²) in [6.07, 6.45) is 8.11. The molecule has 0 spiro atoms. The van der Waals surface area contributed by atoms with Gasteiger partial charge in [-0.2, -0.15) is 0 Å². The highest BCUT2D eigenvalue weighted by Crippen LogP contribution is 2.30. The van der Waals surface area contributed by atoms with Gasteiger partial charge in [0.05, 0.1) is 0 Å². The second-order valence-corrected chi connectivity index (χ2v) is 5.27. The molecule has 0 bridgehead atoms. The summed E-state index contributed by atoms with van der Waals surface area (Å²) in [7, 11) is 2.02. The molecule has 0 saturated carbocycles. The van der Waals surface area contributed by atoms with E-state index in [9.17, 15) is 4.39 Å². The quantitative estimate of drug-likeness (QED) is 0.894. The zero-order chi connectivity index (χ0) is 13.2. The van der Waals surface area contributed by atoms with E-state index in [1.807, 2.05) is 19.2 Å². The molecular formula is C16H19FN2. The Bertz CT molecular complexity index is 557. The predicted molar refractivity (Wildman–Crippen MR) is 74.7 cm³/mol. The van der Waals surface area contributed by atoms with Gasteiger partial charge in [0.1, 0.15) is 5.82 Å². The molecule has 0 radical (unpaired) electrons. The van der Waals surface area contributed by atoms with Gasteiger partial charge in [0.25, 0.3) is 0 Å². The van der Waals surface area contributed by atoms with Gasteiger partial charge in [0.15, 0.2) is 0 Å². The van der Waals surface area contributed by atoms with Crippen molar-refractivity contribution in [2.45, 2.75) is 31.8 Å². The first-order chi connectivity index (χ1) is 9.26. The van der Waals surface area contributed by atoms with Gasteiger partial charge in [-0.05, 0) is 55.1 Å². The maximum absolute atomic E-state index is 12.9. The third-order valence-corrected chi connectivity index (χ3v) is 3.94. The van der Waals surface area contributed by atoms with Gasteiger partial charge >= 0.3 is 0 Å². The maximum atomic E-state index is 12.9. The van der Waals surface area contributed by atoms with Crippen LogP contribution < -0.4 is 5.32 Å². The van der Waals surface area contributed by atoms with Crippen LogP contribution in [-0.4, -0.2) is 11.6 Å². The number of fused-ring (bicyclic) bond motifs is 1. The van der Waals surface area contributed by atoms with E-state index in [1.165, 1.54) is 42.5 Å². The molecule has 1 N–H and O–H groups in total. The zero-order valence-corrected chi connectivity index (χ0v) is 11.2. The molecule has 0 amide bonds. The average Bonchev–Trinajstić information content (AvgIpc) is 2.83. The Labute approximate surface area is 113 Å². The van der Waals surface area contributed by atoms with E-state index in [0.717, 1.165) is 12.1 Å². The van der Waals surface area contributed by atoms with E-state index >= 15 is 0 Å². The molecule has 2 aromatic rings. The highest BCUT2D eigenvalue weighted by molar-refractivity contribution is 5.31. The van der Waals surface area contributed by atoms with Gasteiger partial charge in [0.2, 0.25) is 0 Å². The van der Waals surface area contributed by atoms with Crippen LogP contribution in [0.2, 0.25) is 0 Å². The number of aryl methyl sites for hydroxylation is 1. The minimum absolute atomic E-state index is 0.175. The van der Waals surface area contributed by atoms with Crippen molar-refractivity contribution >= 4 is 0 Å². The van der Waals surface area contributed by atoms with E-state index in [-0.39, 0.29) is 5.82 Å². The van der Waals surface area contributed by atoms with Crippen LogP contribution in [0.25, 0.3) is 0 Å². The van der Waals surface area contributed by atoms with Gasteiger partial charge in [-0.3, -0.25) is 0 Å². The molecule has 100 valence electrons. The SMILES string of the molecule is CNC1CCCc2cn(Cc3ccc(F)cc3)cc21. The van der Waals surface area contributed by atoms with Gasteiger partial charge in [0, 0.05) is 25.0 Å². The number of rotatable bonds is 3. The summed E-state index contributed by atoms with van der Waals surface area (Å²) in [6, 6.07) is 7.23. The minimum Gasteiger partial charge on any atom is -0.349 e. The first-order valence-electron chi connectivity index (χ1n) is 6.86. The minimum atomic E-state index is -0.175. The first-order valence-corrected chi connectivity index (χ1v) is 6.86. The molecule has 1 aromatic carbocycles. The summed E-state index contributed by atoms with van der Waals surface area (Å²) >= 11 is 0. The standard InChI is InChI=1S/C16H19FN2/c1-18-16-4-2-3-13-10-19(11-15(13)16)9-12-5-7-14(17)8-6-12/h5-8,10-11,16,18H,2-4,9H2,1H3. The van der Waals surface area contributed by atoms with Crippen molar-refractivity contribution in [3.05, 3.63) is 59.2 Å². The Morgan fingerprint density at radius 2 is 2.05 bits per heavy atom. The molecule has 19 heavy (non-hydrogen) atoms. The largest absolute Gasteiger partial charge is 0.349 e. The Morgan fingerprint density at radius 1 is 1.26 bits per heavy atom. The lowest BCUT2D eigenvalue weighted by molar-refractivity contribution is 0.498. The highest BCUT2D eigenvalue weighted by atomic mass is 19.1. The molecule has 1 aromatic heterocycles.